The molecule has 580 valence electrons. The van der Waals surface area contributed by atoms with Crippen LogP contribution in [-0.4, -0.2) is 150 Å². The highest BCUT2D eigenvalue weighted by atomic mass is 28.5. The van der Waals surface area contributed by atoms with Gasteiger partial charge in [-0.3, -0.25) is 30.2 Å². The van der Waals surface area contributed by atoms with Crippen molar-refractivity contribution in [2.24, 2.45) is 32.4 Å². The first-order chi connectivity index (χ1) is 40.6. The second kappa shape index (κ2) is 43.5. The minimum atomic E-state index is -2.53. The number of hydrogen-bond donors (Lipinski definition) is 9. The number of amides is 6. The fourth-order valence-electron chi connectivity index (χ4n) is 13.3. The van der Waals surface area contributed by atoms with Gasteiger partial charge in [0.15, 0.2) is 33.3 Å². The number of urea groups is 3. The number of aromatic nitrogens is 4. The first kappa shape index (κ1) is 108. The highest BCUT2D eigenvalue weighted by Crippen LogP contribution is 2.47. The average molecular weight is 1530 g/mol. The molecule has 0 bridgehead atoms. The van der Waals surface area contributed by atoms with Gasteiger partial charge >= 0.3 is 52.3 Å². The minimum Gasteiger partial charge on any atom is -0.437 e. The zero-order valence-electron chi connectivity index (χ0n) is 60.0. The van der Waals surface area contributed by atoms with Crippen LogP contribution in [0.15, 0.2) is 26.7 Å². The van der Waals surface area contributed by atoms with Gasteiger partial charge in [0.1, 0.15) is 0 Å². The number of nitrogens with two attached hydrogens (primary N) is 1. The van der Waals surface area contributed by atoms with Crippen LogP contribution < -0.4 is 48.8 Å². The Morgan fingerprint density at radius 1 is 0.531 bits per heavy atom. The maximum absolute atomic E-state index is 13.0. The van der Waals surface area contributed by atoms with E-state index in [2.05, 4.69) is 216 Å². The lowest BCUT2D eigenvalue weighted by molar-refractivity contribution is 0.0753. The Labute approximate surface area is 606 Å². The summed E-state index contributed by atoms with van der Waals surface area (Å²) in [4.78, 5) is 88.5. The molecule has 0 aliphatic heterocycles. The molecule has 2 saturated carbocycles. The third-order valence-electron chi connectivity index (χ3n) is 14.0. The van der Waals surface area contributed by atoms with E-state index in [9.17, 15) is 28.8 Å². The van der Waals surface area contributed by atoms with Crippen LogP contribution in [-0.2, 0) is 29.5 Å². The molecule has 98 heavy (non-hydrogen) atoms. The molecule has 2 aliphatic carbocycles. The van der Waals surface area contributed by atoms with Gasteiger partial charge in [0.05, 0.1) is 6.04 Å². The molecule has 4 rings (SSSR count). The molecule has 0 spiro atoms. The molecule has 0 aromatic carbocycles. The van der Waals surface area contributed by atoms with E-state index in [-0.39, 0.29) is 122 Å². The van der Waals surface area contributed by atoms with Gasteiger partial charge in [0, 0.05) is 49.2 Å². The third-order valence-corrected chi connectivity index (χ3v) is 41.1. The lowest BCUT2D eigenvalue weighted by Crippen LogP contribution is -2.57. The van der Waals surface area contributed by atoms with Crippen molar-refractivity contribution in [1.82, 2.24) is 41.2 Å². The van der Waals surface area contributed by atoms with Crippen LogP contribution in [0, 0.1) is 35.5 Å². The number of anilines is 2. The molecule has 10 N–H and O–H groups in total. The van der Waals surface area contributed by atoms with E-state index in [1.807, 2.05) is 0 Å². The number of carbonyl (C=O) groups is 3. The number of H-pyrrole nitrogens is 2. The van der Waals surface area contributed by atoms with Gasteiger partial charge in [-0.2, -0.15) is 0 Å². The van der Waals surface area contributed by atoms with E-state index in [1.165, 1.54) is 12.1 Å². The SMILES string of the molecule is C.C.C.C.C.C.C.C.C[Si](C)(C)O[Si](C)(C)O[Si](C)(CCCN)O[Si](C)(C)C.Cc1cc(=O)[nH]c(NC(=O)NCC2(C)CC(N=C=O)CC(C)(C)C2)n1.Cc1cc(=O)[nH]c(NC(=O)NCC2(C)CC(NC(=O)NCCC[Si](C)(O[Si](C)(C)C)O[Si](C)(C)O[Si](C)(C)C)CC(C)(C)C2)n1. The Morgan fingerprint density at radius 2 is 0.888 bits per heavy atom. The minimum absolute atomic E-state index is 0. The van der Waals surface area contributed by atoms with Gasteiger partial charge in [0.25, 0.3) is 11.1 Å². The van der Waals surface area contributed by atoms with Gasteiger partial charge < -0.3 is 51.7 Å². The highest BCUT2D eigenvalue weighted by Gasteiger charge is 2.47. The van der Waals surface area contributed by atoms with E-state index in [0.717, 1.165) is 57.0 Å². The van der Waals surface area contributed by atoms with Crippen molar-refractivity contribution in [1.29, 1.82) is 0 Å². The second-order valence-electron chi connectivity index (χ2n) is 32.3. The number of rotatable bonds is 27. The number of carbonyl (C=O) groups excluding carboxylic acids is 4. The van der Waals surface area contributed by atoms with Crippen LogP contribution in [0.3, 0.4) is 0 Å². The number of isocyanates is 1. The molecule has 6 atom stereocenters. The van der Waals surface area contributed by atoms with Crippen molar-refractivity contribution in [2.45, 2.75) is 308 Å². The van der Waals surface area contributed by atoms with Crippen molar-refractivity contribution < 1.29 is 43.9 Å². The van der Waals surface area contributed by atoms with Crippen LogP contribution >= 0.6 is 0 Å². The van der Waals surface area contributed by atoms with Crippen molar-refractivity contribution in [3.8, 4) is 0 Å². The zero-order valence-corrected chi connectivity index (χ0v) is 68.0. The van der Waals surface area contributed by atoms with E-state index in [4.69, 9.17) is 30.4 Å². The summed E-state index contributed by atoms with van der Waals surface area (Å²) in [5.41, 5.74) is 5.65. The number of aliphatic imine (C=N–C) groups is 1. The Kier molecular flexibility index (Phi) is 47.9. The fourth-order valence-corrected chi connectivity index (χ4v) is 49.2. The van der Waals surface area contributed by atoms with Crippen molar-refractivity contribution in [3.63, 3.8) is 0 Å². The van der Waals surface area contributed by atoms with Gasteiger partial charge in [0.2, 0.25) is 18.0 Å². The molecule has 2 fully saturated rings. The third kappa shape index (κ3) is 46.8. The van der Waals surface area contributed by atoms with E-state index in [1.54, 1.807) is 19.9 Å². The topological polar surface area (TPSA) is 326 Å². The summed E-state index contributed by atoms with van der Waals surface area (Å²) in [6.45, 7) is 57.6. The summed E-state index contributed by atoms with van der Waals surface area (Å²) < 4.78 is 39.2. The lowest BCUT2D eigenvalue weighted by atomic mass is 9.62. The number of nitrogens with zero attached hydrogens (tertiary/aromatic N) is 3. The highest BCUT2D eigenvalue weighted by molar-refractivity contribution is 6.90. The zero-order chi connectivity index (χ0) is 69.4. The predicted octanol–water partition coefficient (Wildman–Crippen LogP) is 17.0. The maximum Gasteiger partial charge on any atom is 0.321 e. The molecule has 24 nitrogen and oxygen atoms in total. The van der Waals surface area contributed by atoms with Crippen LogP contribution in [0.1, 0.15) is 164 Å². The van der Waals surface area contributed by atoms with Crippen LogP contribution in [0.5, 0.6) is 0 Å². The standard InChI is InChI=1S/C29H60N6O6Si4.C17H25N5O3.C12H35NO3Si4.8CH4/c1-22-17-24(36)34-25(32-22)35-27(38)31-21-29(4)19-23(18-28(2,3)20-29)33-26(37)30-15-14-16-45(13,40-43(8,9)10)41-44(11,12)39-42(5,6)7;1-11-5-13(24)21-14(20-11)22-15(25)18-9-17(4)7-12(19-10-23)6-16(2,3)8-17;1-17(2,3)14-19(7,8)16-20(9,12-10-11-13)15-18(4,5)6;;;;;;;;/h17,23H,14-16,18-21H2,1-13H3,(H2,30,33,37)(H3,31,32,34,35,36,38);5,12H,6-9H2,1-4H3,(H3,18,20,21,22,24,25);10-13H2,1-9H3;8*1H4. The van der Waals surface area contributed by atoms with Crippen LogP contribution in [0.2, 0.25) is 130 Å². The Hall–Kier alpha value is -3.59. The summed E-state index contributed by atoms with van der Waals surface area (Å²) in [6, 6.07) is 3.26. The molecule has 0 saturated heterocycles. The summed E-state index contributed by atoms with van der Waals surface area (Å²) >= 11 is 0. The van der Waals surface area contributed by atoms with Crippen molar-refractivity contribution in [3.05, 3.63) is 44.2 Å². The Balaban J connectivity index is -0.000000267. The van der Waals surface area contributed by atoms with Crippen LogP contribution in [0.25, 0.3) is 0 Å². The monoisotopic (exact) mass is 1530 g/mol. The molecule has 0 radical (unpaired) electrons. The lowest BCUT2D eigenvalue weighted by Gasteiger charge is -2.46. The van der Waals surface area contributed by atoms with Gasteiger partial charge in [-0.25, -0.2) is 34.1 Å². The first-order valence-electron chi connectivity index (χ1n) is 31.8. The second-order valence-corrected chi connectivity index (χ2v) is 65.2. The number of hydrogen-bond acceptors (Lipinski definition) is 16. The molecular weight excluding hydrogens is 1380 g/mol. The maximum atomic E-state index is 13.0. The molecular formula is C66H152N12O12Si8. The van der Waals surface area contributed by atoms with Crippen LogP contribution in [0.4, 0.5) is 26.3 Å². The first-order valence-corrected chi connectivity index (χ1v) is 56.2. The number of nitrogens with one attached hydrogen (secondary N) is 8. The largest absolute Gasteiger partial charge is 0.437 e. The smallest absolute Gasteiger partial charge is 0.321 e. The molecule has 32 heteroatoms. The molecule has 6 unspecified atom stereocenters. The summed E-state index contributed by atoms with van der Waals surface area (Å²) in [6.07, 6.45) is 8.29. The molecule has 6 amide bonds. The molecule has 2 heterocycles. The summed E-state index contributed by atoms with van der Waals surface area (Å²) in [7, 11) is -16.1. The average Bonchev–Trinajstić information content (AvgIpc) is 0.816. The molecule has 2 aromatic heterocycles. The van der Waals surface area contributed by atoms with E-state index < -0.39 is 79.6 Å². The number of aromatic amines is 2. The fraction of sp³-hybridized carbons (Fsp3) is 0.818. The van der Waals surface area contributed by atoms with E-state index in [0.29, 0.717) is 44.0 Å². The molecule has 2 aromatic rings. The predicted molar refractivity (Wildman–Crippen MR) is 437 cm³/mol. The Morgan fingerprint density at radius 3 is 1.23 bits per heavy atom. The van der Waals surface area contributed by atoms with Crippen molar-refractivity contribution >= 4 is 104 Å². The van der Waals surface area contributed by atoms with Gasteiger partial charge in [-0.1, -0.05) is 101 Å². The summed E-state index contributed by atoms with van der Waals surface area (Å²) in [5.74, 6) is 0.218. The quantitative estimate of drug-likeness (QED) is 0.0174. The van der Waals surface area contributed by atoms with Gasteiger partial charge in [-0.05, 0) is 223 Å². The van der Waals surface area contributed by atoms with E-state index >= 15 is 0 Å². The molecule has 2 aliphatic rings. The Bertz CT molecular complexity index is 2840. The van der Waals surface area contributed by atoms with Gasteiger partial charge in [-0.15, -0.1) is 0 Å². The van der Waals surface area contributed by atoms with Crippen molar-refractivity contribution in [2.75, 3.05) is 36.8 Å². The normalized spacial score (nSPS) is 19.9. The number of aryl methyl sites for hydroxylation is 2. The summed E-state index contributed by atoms with van der Waals surface area (Å²) in [5, 5.41) is 17.1.